The minimum atomic E-state index is -0.359. The molecule has 1 aromatic carbocycles. The summed E-state index contributed by atoms with van der Waals surface area (Å²) in [5.74, 6) is 3.22. The fourth-order valence-corrected chi connectivity index (χ4v) is 7.67. The standard InChI is InChI=1S/C30H43N3O3/c1-36-24-13-11-23(12-14-24)30(15-16-30)29(35)33-20-22-5-3-17-32-18-4-6-25(28(22)32)26(33)7-2-8-27(34)31-19-21-9-10-21/h11-14,21-22,25-26,28H,2-10,15-20H2,1H3,(H,31,34)/t22-,25+,26+,28-/m0/s1. The predicted octanol–water partition coefficient (Wildman–Crippen LogP) is 4.12. The Morgan fingerprint density at radius 3 is 2.50 bits per heavy atom. The highest BCUT2D eigenvalue weighted by atomic mass is 16.5. The number of likely N-dealkylation sites (tertiary alicyclic amines) is 1. The Hall–Kier alpha value is -2.08. The maximum absolute atomic E-state index is 14.4. The van der Waals surface area contributed by atoms with Gasteiger partial charge in [0.05, 0.1) is 12.5 Å². The SMILES string of the molecule is COc1ccc(C2(C(=O)N3C[C@@H]4CCCN5CCC[C@@H]([C@H]45)[C@H]3CCCC(=O)NCC3CC3)CC2)cc1. The van der Waals surface area contributed by atoms with Crippen LogP contribution in [0.4, 0.5) is 0 Å². The van der Waals surface area contributed by atoms with Gasteiger partial charge in [-0.25, -0.2) is 0 Å². The predicted molar refractivity (Wildman–Crippen MR) is 140 cm³/mol. The topological polar surface area (TPSA) is 61.9 Å². The van der Waals surface area contributed by atoms with E-state index in [0.29, 0.717) is 36.1 Å². The summed E-state index contributed by atoms with van der Waals surface area (Å²) in [6.07, 6.45) is 11.8. The van der Waals surface area contributed by atoms with Crippen molar-refractivity contribution in [3.63, 3.8) is 0 Å². The summed E-state index contributed by atoms with van der Waals surface area (Å²) in [6, 6.07) is 9.06. The number of amides is 2. The summed E-state index contributed by atoms with van der Waals surface area (Å²) in [5, 5.41) is 3.13. The molecule has 3 saturated heterocycles. The molecule has 0 radical (unpaired) electrons. The Kier molecular flexibility index (Phi) is 6.74. The van der Waals surface area contributed by atoms with Crippen molar-refractivity contribution in [3.8, 4) is 5.75 Å². The third kappa shape index (κ3) is 4.66. The molecule has 6 nitrogen and oxygen atoms in total. The number of nitrogens with zero attached hydrogens (tertiary/aromatic N) is 2. The molecule has 1 aromatic rings. The molecule has 2 aliphatic carbocycles. The summed E-state index contributed by atoms with van der Waals surface area (Å²) in [4.78, 5) is 31.9. The molecule has 36 heavy (non-hydrogen) atoms. The van der Waals surface area contributed by atoms with E-state index >= 15 is 0 Å². The molecular formula is C30H43N3O3. The summed E-state index contributed by atoms with van der Waals surface area (Å²) in [7, 11) is 1.69. The molecular weight excluding hydrogens is 450 g/mol. The highest BCUT2D eigenvalue weighted by Gasteiger charge is 2.57. The monoisotopic (exact) mass is 493 g/mol. The van der Waals surface area contributed by atoms with Crippen LogP contribution in [0.2, 0.25) is 0 Å². The number of hydrogen-bond acceptors (Lipinski definition) is 4. The van der Waals surface area contributed by atoms with E-state index in [2.05, 4.69) is 27.2 Å². The van der Waals surface area contributed by atoms with E-state index in [1.54, 1.807) is 7.11 Å². The second kappa shape index (κ2) is 10.00. The van der Waals surface area contributed by atoms with Crippen LogP contribution in [0.1, 0.15) is 76.2 Å². The molecule has 6 heteroatoms. The first-order valence-corrected chi connectivity index (χ1v) is 14.6. The van der Waals surface area contributed by atoms with Crippen LogP contribution in [0.25, 0.3) is 0 Å². The Labute approximate surface area is 216 Å². The highest BCUT2D eigenvalue weighted by molar-refractivity contribution is 5.91. The van der Waals surface area contributed by atoms with Gasteiger partial charge in [0, 0.05) is 31.6 Å². The molecule has 3 heterocycles. The van der Waals surface area contributed by atoms with Gasteiger partial charge in [0.1, 0.15) is 5.75 Å². The fourth-order valence-electron chi connectivity index (χ4n) is 7.67. The van der Waals surface area contributed by atoms with Crippen LogP contribution >= 0.6 is 0 Å². The van der Waals surface area contributed by atoms with Gasteiger partial charge >= 0.3 is 0 Å². The van der Waals surface area contributed by atoms with Crippen molar-refractivity contribution in [1.82, 2.24) is 15.1 Å². The molecule has 5 aliphatic rings. The lowest BCUT2D eigenvalue weighted by atomic mass is 9.68. The molecule has 3 aliphatic heterocycles. The lowest BCUT2D eigenvalue weighted by Crippen LogP contribution is -2.66. The minimum absolute atomic E-state index is 0.188. The lowest BCUT2D eigenvalue weighted by molar-refractivity contribution is -0.149. The van der Waals surface area contributed by atoms with Crippen molar-refractivity contribution >= 4 is 11.8 Å². The Bertz CT molecular complexity index is 953. The first-order valence-electron chi connectivity index (χ1n) is 14.6. The van der Waals surface area contributed by atoms with Crippen molar-refractivity contribution in [3.05, 3.63) is 29.8 Å². The van der Waals surface area contributed by atoms with E-state index in [4.69, 9.17) is 4.74 Å². The average Bonchev–Trinajstić information content (AvgIpc) is 3.84. The summed E-state index contributed by atoms with van der Waals surface area (Å²) in [5.41, 5.74) is 0.782. The third-order valence-corrected chi connectivity index (χ3v) is 9.92. The van der Waals surface area contributed by atoms with Gasteiger partial charge in [0.25, 0.3) is 0 Å². The average molecular weight is 494 g/mol. The Morgan fingerprint density at radius 1 is 1.06 bits per heavy atom. The van der Waals surface area contributed by atoms with Crippen molar-refractivity contribution in [2.24, 2.45) is 17.8 Å². The number of methoxy groups -OCH3 is 1. The number of carbonyl (C=O) groups excluding carboxylic acids is 2. The molecule has 0 aromatic heterocycles. The van der Waals surface area contributed by atoms with E-state index in [0.717, 1.165) is 50.1 Å². The van der Waals surface area contributed by atoms with Crippen LogP contribution in [0.15, 0.2) is 24.3 Å². The van der Waals surface area contributed by atoms with E-state index in [-0.39, 0.29) is 17.4 Å². The van der Waals surface area contributed by atoms with Gasteiger partial charge in [0.15, 0.2) is 0 Å². The second-order valence-corrected chi connectivity index (χ2v) is 12.2. The largest absolute Gasteiger partial charge is 0.497 e. The van der Waals surface area contributed by atoms with Gasteiger partial charge in [0.2, 0.25) is 11.8 Å². The molecule has 1 N–H and O–H groups in total. The number of ether oxygens (including phenoxy) is 1. The molecule has 0 spiro atoms. The molecule has 2 saturated carbocycles. The first-order chi connectivity index (χ1) is 17.6. The maximum atomic E-state index is 14.4. The van der Waals surface area contributed by atoms with E-state index in [9.17, 15) is 9.59 Å². The van der Waals surface area contributed by atoms with Crippen LogP contribution < -0.4 is 10.1 Å². The molecule has 196 valence electrons. The summed E-state index contributed by atoms with van der Waals surface area (Å²) < 4.78 is 5.37. The van der Waals surface area contributed by atoms with Crippen molar-refractivity contribution < 1.29 is 14.3 Å². The lowest BCUT2D eigenvalue weighted by Gasteiger charge is -2.58. The maximum Gasteiger partial charge on any atom is 0.233 e. The Balaban J connectivity index is 1.20. The smallest absolute Gasteiger partial charge is 0.233 e. The number of rotatable bonds is 9. The van der Waals surface area contributed by atoms with Gasteiger partial charge in [-0.2, -0.15) is 0 Å². The Morgan fingerprint density at radius 2 is 1.81 bits per heavy atom. The van der Waals surface area contributed by atoms with E-state index < -0.39 is 0 Å². The fraction of sp³-hybridized carbons (Fsp3) is 0.733. The van der Waals surface area contributed by atoms with Crippen LogP contribution in [-0.4, -0.2) is 67.0 Å². The normalized spacial score (nSPS) is 30.9. The van der Waals surface area contributed by atoms with Crippen molar-refractivity contribution in [2.75, 3.05) is 33.3 Å². The minimum Gasteiger partial charge on any atom is -0.497 e. The first kappa shape index (κ1) is 24.3. The van der Waals surface area contributed by atoms with Crippen molar-refractivity contribution in [1.29, 1.82) is 0 Å². The molecule has 0 unspecified atom stereocenters. The summed E-state index contributed by atoms with van der Waals surface area (Å²) in [6.45, 7) is 4.18. The van der Waals surface area contributed by atoms with Gasteiger partial charge < -0.3 is 15.0 Å². The molecule has 5 fully saturated rings. The molecule has 6 rings (SSSR count). The van der Waals surface area contributed by atoms with Gasteiger partial charge in [-0.1, -0.05) is 12.1 Å². The second-order valence-electron chi connectivity index (χ2n) is 12.2. The number of carbonyl (C=O) groups is 2. The van der Waals surface area contributed by atoms with Gasteiger partial charge in [-0.15, -0.1) is 0 Å². The van der Waals surface area contributed by atoms with E-state index in [1.807, 2.05) is 12.1 Å². The van der Waals surface area contributed by atoms with Crippen LogP contribution in [-0.2, 0) is 15.0 Å². The van der Waals surface area contributed by atoms with Crippen LogP contribution in [0.3, 0.4) is 0 Å². The van der Waals surface area contributed by atoms with Gasteiger partial charge in [-0.3, -0.25) is 14.5 Å². The highest BCUT2D eigenvalue weighted by Crippen LogP contribution is 2.52. The zero-order valence-electron chi connectivity index (χ0n) is 21.9. The van der Waals surface area contributed by atoms with Crippen molar-refractivity contribution in [2.45, 2.75) is 88.1 Å². The molecule has 2 amide bonds. The van der Waals surface area contributed by atoms with Crippen LogP contribution in [0, 0.1) is 17.8 Å². The summed E-state index contributed by atoms with van der Waals surface area (Å²) >= 11 is 0. The van der Waals surface area contributed by atoms with Crippen LogP contribution in [0.5, 0.6) is 5.75 Å². The van der Waals surface area contributed by atoms with Gasteiger partial charge in [-0.05, 0) is 113 Å². The number of benzene rings is 1. The molecule has 4 atom stereocenters. The number of piperidine rings is 3. The quantitative estimate of drug-likeness (QED) is 0.562. The zero-order valence-corrected chi connectivity index (χ0v) is 21.9. The zero-order chi connectivity index (χ0) is 24.7. The third-order valence-electron chi connectivity index (χ3n) is 9.92. The molecule has 0 bridgehead atoms. The van der Waals surface area contributed by atoms with E-state index in [1.165, 1.54) is 51.6 Å². The number of nitrogens with one attached hydrogen (secondary N) is 1. The number of hydrogen-bond donors (Lipinski definition) is 1.